The summed E-state index contributed by atoms with van der Waals surface area (Å²) in [5, 5.41) is 13.4. The Labute approximate surface area is 115 Å². The number of aromatic carboxylic acids is 1. The molecule has 0 saturated carbocycles. The highest BCUT2D eigenvalue weighted by molar-refractivity contribution is 6.32. The van der Waals surface area contributed by atoms with E-state index in [1.165, 1.54) is 4.68 Å². The van der Waals surface area contributed by atoms with Gasteiger partial charge in [-0.3, -0.25) is 0 Å². The molecule has 2 rings (SSSR count). The molecule has 0 aliphatic carbocycles. The van der Waals surface area contributed by atoms with Crippen LogP contribution in [0.5, 0.6) is 0 Å². The van der Waals surface area contributed by atoms with E-state index in [1.54, 1.807) is 13.0 Å². The van der Waals surface area contributed by atoms with Crippen molar-refractivity contribution in [2.45, 2.75) is 27.2 Å². The van der Waals surface area contributed by atoms with Gasteiger partial charge in [0.05, 0.1) is 5.69 Å². The molecular formula is C12H13ClN4O2. The van der Waals surface area contributed by atoms with Crippen molar-refractivity contribution in [1.82, 2.24) is 19.7 Å². The smallest absolute Gasteiger partial charge is 0.340 e. The highest BCUT2D eigenvalue weighted by Gasteiger charge is 2.22. The van der Waals surface area contributed by atoms with Crippen molar-refractivity contribution in [3.05, 3.63) is 34.0 Å². The number of carboxylic acid groups (broad SMARTS) is 1. The van der Waals surface area contributed by atoms with E-state index < -0.39 is 5.97 Å². The molecule has 0 unspecified atom stereocenters. The molecule has 0 spiro atoms. The molecule has 0 saturated heterocycles. The summed E-state index contributed by atoms with van der Waals surface area (Å²) >= 11 is 6.10. The van der Waals surface area contributed by atoms with Crippen molar-refractivity contribution in [3.63, 3.8) is 0 Å². The highest BCUT2D eigenvalue weighted by atomic mass is 35.5. The van der Waals surface area contributed by atoms with Gasteiger partial charge in [-0.1, -0.05) is 18.5 Å². The van der Waals surface area contributed by atoms with Gasteiger partial charge >= 0.3 is 5.97 Å². The van der Waals surface area contributed by atoms with E-state index in [0.29, 0.717) is 23.8 Å². The van der Waals surface area contributed by atoms with Crippen molar-refractivity contribution in [3.8, 4) is 5.82 Å². The predicted molar refractivity (Wildman–Crippen MR) is 70.0 cm³/mol. The van der Waals surface area contributed by atoms with Crippen LogP contribution in [-0.4, -0.2) is 30.8 Å². The number of aromatic nitrogens is 4. The van der Waals surface area contributed by atoms with Crippen LogP contribution in [0.4, 0.5) is 0 Å². The third-order valence-electron chi connectivity index (χ3n) is 2.62. The molecule has 2 heterocycles. The Balaban J connectivity index is 2.66. The van der Waals surface area contributed by atoms with Crippen molar-refractivity contribution in [1.29, 1.82) is 0 Å². The lowest BCUT2D eigenvalue weighted by Crippen LogP contribution is -2.04. The number of hydrogen-bond acceptors (Lipinski definition) is 4. The Morgan fingerprint density at radius 3 is 2.58 bits per heavy atom. The number of nitrogens with zero attached hydrogens (tertiary/aromatic N) is 4. The predicted octanol–water partition coefficient (Wildman–Crippen LogP) is 2.19. The maximum absolute atomic E-state index is 11.2. The van der Waals surface area contributed by atoms with Crippen LogP contribution in [-0.2, 0) is 6.42 Å². The first kappa shape index (κ1) is 13.5. The SMILES string of the molecule is CCc1nn(-c2cc(C)nc(C)n2)c(Cl)c1C(=O)O. The van der Waals surface area contributed by atoms with Gasteiger partial charge < -0.3 is 5.11 Å². The largest absolute Gasteiger partial charge is 0.478 e. The molecule has 0 atom stereocenters. The first-order valence-electron chi connectivity index (χ1n) is 5.77. The van der Waals surface area contributed by atoms with Gasteiger partial charge in [0.15, 0.2) is 5.82 Å². The molecule has 6 nitrogen and oxygen atoms in total. The van der Waals surface area contributed by atoms with Crippen LogP contribution >= 0.6 is 11.6 Å². The van der Waals surface area contributed by atoms with Crippen molar-refractivity contribution in [2.75, 3.05) is 0 Å². The number of hydrogen-bond donors (Lipinski definition) is 1. The zero-order valence-corrected chi connectivity index (χ0v) is 11.6. The first-order chi connectivity index (χ1) is 8.93. The quantitative estimate of drug-likeness (QED) is 0.932. The zero-order valence-electron chi connectivity index (χ0n) is 10.8. The molecule has 0 fully saturated rings. The second kappa shape index (κ2) is 4.97. The molecule has 0 amide bonds. The molecule has 0 aliphatic heterocycles. The van der Waals surface area contributed by atoms with Crippen molar-refractivity contribution < 1.29 is 9.90 Å². The lowest BCUT2D eigenvalue weighted by atomic mass is 10.2. The summed E-state index contributed by atoms with van der Waals surface area (Å²) in [5.74, 6) is -0.0377. The third kappa shape index (κ3) is 2.44. The fraction of sp³-hybridized carbons (Fsp3) is 0.333. The number of aryl methyl sites for hydroxylation is 3. The molecule has 2 aromatic rings. The maximum Gasteiger partial charge on any atom is 0.340 e. The van der Waals surface area contributed by atoms with Gasteiger partial charge in [-0.25, -0.2) is 19.4 Å². The van der Waals surface area contributed by atoms with E-state index in [1.807, 2.05) is 13.8 Å². The van der Waals surface area contributed by atoms with Gasteiger partial charge in [0.25, 0.3) is 0 Å². The second-order valence-electron chi connectivity index (χ2n) is 4.10. The summed E-state index contributed by atoms with van der Waals surface area (Å²) in [6.45, 7) is 5.41. The fourth-order valence-corrected chi connectivity index (χ4v) is 2.17. The van der Waals surface area contributed by atoms with Gasteiger partial charge in [-0.15, -0.1) is 0 Å². The lowest BCUT2D eigenvalue weighted by molar-refractivity contribution is 0.0696. The van der Waals surface area contributed by atoms with Crippen molar-refractivity contribution in [2.24, 2.45) is 0 Å². The summed E-state index contributed by atoms with van der Waals surface area (Å²) in [4.78, 5) is 19.6. The Kier molecular flexibility index (Phi) is 3.53. The Morgan fingerprint density at radius 1 is 1.42 bits per heavy atom. The molecule has 2 aromatic heterocycles. The normalized spacial score (nSPS) is 10.7. The Hall–Kier alpha value is -1.95. The monoisotopic (exact) mass is 280 g/mol. The fourth-order valence-electron chi connectivity index (χ4n) is 1.86. The van der Waals surface area contributed by atoms with Crippen LogP contribution in [0.25, 0.3) is 5.82 Å². The molecule has 19 heavy (non-hydrogen) atoms. The molecule has 1 N–H and O–H groups in total. The summed E-state index contributed by atoms with van der Waals surface area (Å²) in [7, 11) is 0. The topological polar surface area (TPSA) is 80.9 Å². The van der Waals surface area contributed by atoms with E-state index in [4.69, 9.17) is 11.6 Å². The molecule has 100 valence electrons. The number of carboxylic acids is 1. The molecule has 0 aromatic carbocycles. The summed E-state index contributed by atoms with van der Waals surface area (Å²) < 4.78 is 1.34. The van der Waals surface area contributed by atoms with Gasteiger partial charge in [0.2, 0.25) is 0 Å². The average molecular weight is 281 g/mol. The minimum absolute atomic E-state index is 0.0260. The summed E-state index contributed by atoms with van der Waals surface area (Å²) in [6, 6.07) is 1.71. The number of rotatable bonds is 3. The van der Waals surface area contributed by atoms with E-state index >= 15 is 0 Å². The molecule has 0 aliphatic rings. The summed E-state index contributed by atoms with van der Waals surface area (Å²) in [5.41, 5.74) is 1.23. The Morgan fingerprint density at radius 2 is 2.11 bits per heavy atom. The highest BCUT2D eigenvalue weighted by Crippen LogP contribution is 2.23. The van der Waals surface area contributed by atoms with E-state index in [-0.39, 0.29) is 10.7 Å². The van der Waals surface area contributed by atoms with Crippen LogP contribution in [0.1, 0.15) is 34.5 Å². The minimum Gasteiger partial charge on any atom is -0.478 e. The molecule has 7 heteroatoms. The summed E-state index contributed by atoms with van der Waals surface area (Å²) in [6.07, 6.45) is 0.484. The van der Waals surface area contributed by atoms with Crippen LogP contribution in [0.15, 0.2) is 6.07 Å². The van der Waals surface area contributed by atoms with Gasteiger partial charge in [0.1, 0.15) is 16.5 Å². The average Bonchev–Trinajstić information content (AvgIpc) is 2.64. The van der Waals surface area contributed by atoms with Gasteiger partial charge in [-0.2, -0.15) is 5.10 Å². The minimum atomic E-state index is -1.09. The zero-order chi connectivity index (χ0) is 14.2. The standard InChI is InChI=1S/C12H13ClN4O2/c1-4-8-10(12(18)19)11(13)17(16-8)9-5-6(2)14-7(3)15-9/h5H,4H2,1-3H3,(H,18,19). The van der Waals surface area contributed by atoms with Gasteiger partial charge in [0, 0.05) is 11.8 Å². The van der Waals surface area contributed by atoms with Crippen LogP contribution in [0, 0.1) is 13.8 Å². The second-order valence-corrected chi connectivity index (χ2v) is 4.46. The molecule has 0 bridgehead atoms. The third-order valence-corrected chi connectivity index (χ3v) is 2.97. The number of carbonyl (C=O) groups is 1. The van der Waals surface area contributed by atoms with E-state index in [2.05, 4.69) is 15.1 Å². The molecule has 0 radical (unpaired) electrons. The van der Waals surface area contributed by atoms with Crippen LogP contribution < -0.4 is 0 Å². The van der Waals surface area contributed by atoms with E-state index in [9.17, 15) is 9.90 Å². The first-order valence-corrected chi connectivity index (χ1v) is 6.15. The molecular weight excluding hydrogens is 268 g/mol. The lowest BCUT2D eigenvalue weighted by Gasteiger charge is -2.04. The maximum atomic E-state index is 11.2. The Bertz CT molecular complexity index is 631. The van der Waals surface area contributed by atoms with Crippen LogP contribution in [0.3, 0.4) is 0 Å². The van der Waals surface area contributed by atoms with Crippen molar-refractivity contribution >= 4 is 17.6 Å². The number of halogens is 1. The van der Waals surface area contributed by atoms with Crippen LogP contribution in [0.2, 0.25) is 5.15 Å². The van der Waals surface area contributed by atoms with Gasteiger partial charge in [-0.05, 0) is 20.3 Å². The van der Waals surface area contributed by atoms with E-state index in [0.717, 1.165) is 5.69 Å².